The lowest BCUT2D eigenvalue weighted by atomic mass is 9.81. The van der Waals surface area contributed by atoms with Crippen molar-refractivity contribution in [2.45, 2.75) is 25.4 Å². The number of aliphatic imine (C=N–C) groups is 1. The molecule has 0 saturated carbocycles. The summed E-state index contributed by atoms with van der Waals surface area (Å²) in [5.74, 6) is 2.53. The van der Waals surface area contributed by atoms with Crippen LogP contribution in [0.3, 0.4) is 0 Å². The van der Waals surface area contributed by atoms with Gasteiger partial charge in [-0.15, -0.1) is 0 Å². The van der Waals surface area contributed by atoms with Crippen molar-refractivity contribution in [1.82, 2.24) is 14.7 Å². The van der Waals surface area contributed by atoms with Crippen LogP contribution in [0.1, 0.15) is 36.6 Å². The fourth-order valence-electron chi connectivity index (χ4n) is 4.89. The normalized spacial score (nSPS) is 20.8. The Balaban J connectivity index is 1.65. The van der Waals surface area contributed by atoms with Crippen molar-refractivity contribution < 1.29 is 14.3 Å². The van der Waals surface area contributed by atoms with Crippen molar-refractivity contribution in [3.8, 4) is 11.5 Å². The number of anilines is 1. The molecule has 1 atom stereocenters. The first kappa shape index (κ1) is 18.9. The summed E-state index contributed by atoms with van der Waals surface area (Å²) in [6, 6.07) is 13.8. The van der Waals surface area contributed by atoms with Crippen LogP contribution >= 0.6 is 0 Å². The zero-order chi connectivity index (χ0) is 22.0. The second-order valence-electron chi connectivity index (χ2n) is 8.49. The molecule has 1 aromatic heterocycles. The minimum Gasteiger partial charge on any atom is -0.486 e. The van der Waals surface area contributed by atoms with Crippen LogP contribution in [0.25, 0.3) is 0 Å². The van der Waals surface area contributed by atoms with Crippen LogP contribution in [0.5, 0.6) is 11.5 Å². The number of amides is 1. The molecule has 0 bridgehead atoms. The van der Waals surface area contributed by atoms with Crippen LogP contribution in [0, 0.1) is 0 Å². The molecule has 2 aromatic carbocycles. The van der Waals surface area contributed by atoms with E-state index in [9.17, 15) is 4.79 Å². The lowest BCUT2D eigenvalue weighted by Crippen LogP contribution is -2.54. The number of carbonyl (C=O) groups is 1. The number of hydrogen-bond acceptors (Lipinski definition) is 6. The highest BCUT2D eigenvalue weighted by Crippen LogP contribution is 2.53. The number of aromatic nitrogens is 2. The Morgan fingerprint density at radius 3 is 2.50 bits per heavy atom. The molecule has 1 spiro atoms. The quantitative estimate of drug-likeness (QED) is 0.675. The summed E-state index contributed by atoms with van der Waals surface area (Å²) in [5, 5.41) is 7.70. The Morgan fingerprint density at radius 1 is 1.06 bits per heavy atom. The average molecular weight is 429 g/mol. The van der Waals surface area contributed by atoms with Crippen LogP contribution in [-0.4, -0.2) is 46.7 Å². The molecule has 8 nitrogen and oxygen atoms in total. The SMILES string of the molecule is CC(C)n1ncc2c1N=C(c1ccccc1)N(C)C21C(=O)Nc2cc3c(cc21)OCCO3. The summed E-state index contributed by atoms with van der Waals surface area (Å²) < 4.78 is 13.5. The highest BCUT2D eigenvalue weighted by molar-refractivity contribution is 6.15. The van der Waals surface area contributed by atoms with Gasteiger partial charge in [0.1, 0.15) is 19.0 Å². The topological polar surface area (TPSA) is 81.0 Å². The fourth-order valence-corrected chi connectivity index (χ4v) is 4.89. The molecule has 0 radical (unpaired) electrons. The summed E-state index contributed by atoms with van der Waals surface area (Å²) in [6.45, 7) is 5.07. The predicted molar refractivity (Wildman–Crippen MR) is 120 cm³/mol. The van der Waals surface area contributed by atoms with Gasteiger partial charge < -0.3 is 19.7 Å². The monoisotopic (exact) mass is 429 g/mol. The second-order valence-corrected chi connectivity index (χ2v) is 8.49. The van der Waals surface area contributed by atoms with Gasteiger partial charge in [-0.3, -0.25) is 4.79 Å². The van der Waals surface area contributed by atoms with E-state index in [-0.39, 0.29) is 11.9 Å². The third-order valence-electron chi connectivity index (χ3n) is 6.36. The van der Waals surface area contributed by atoms with Crippen molar-refractivity contribution in [2.75, 3.05) is 25.6 Å². The van der Waals surface area contributed by atoms with Crippen molar-refractivity contribution in [1.29, 1.82) is 0 Å². The maximum Gasteiger partial charge on any atom is 0.260 e. The number of likely N-dealkylation sites (N-methyl/N-ethyl adjacent to an activating group) is 1. The van der Waals surface area contributed by atoms with Gasteiger partial charge in [-0.2, -0.15) is 5.10 Å². The van der Waals surface area contributed by atoms with Crippen molar-refractivity contribution in [3.05, 3.63) is 65.4 Å². The maximum absolute atomic E-state index is 13.8. The van der Waals surface area contributed by atoms with E-state index in [1.165, 1.54) is 0 Å². The predicted octanol–water partition coefficient (Wildman–Crippen LogP) is 3.45. The van der Waals surface area contributed by atoms with Gasteiger partial charge >= 0.3 is 0 Å². The van der Waals surface area contributed by atoms with Crippen LogP contribution in [0.4, 0.5) is 11.5 Å². The van der Waals surface area contributed by atoms with Gasteiger partial charge in [0, 0.05) is 30.3 Å². The van der Waals surface area contributed by atoms with Crippen LogP contribution in [-0.2, 0) is 10.3 Å². The zero-order valence-corrected chi connectivity index (χ0v) is 18.1. The molecule has 3 aliphatic rings. The molecule has 3 aliphatic heterocycles. The Kier molecular flexibility index (Phi) is 3.90. The Morgan fingerprint density at radius 2 is 1.78 bits per heavy atom. The molecule has 6 rings (SSSR count). The number of fused-ring (bicyclic) bond motifs is 5. The number of amidine groups is 1. The lowest BCUT2D eigenvalue weighted by Gasteiger charge is -2.41. The van der Waals surface area contributed by atoms with E-state index < -0.39 is 5.54 Å². The van der Waals surface area contributed by atoms with Crippen molar-refractivity contribution in [3.63, 3.8) is 0 Å². The molecule has 1 unspecified atom stereocenters. The van der Waals surface area contributed by atoms with E-state index in [2.05, 4.69) is 24.3 Å². The smallest absolute Gasteiger partial charge is 0.260 e. The van der Waals surface area contributed by atoms with Crippen LogP contribution < -0.4 is 14.8 Å². The van der Waals surface area contributed by atoms with E-state index in [0.717, 1.165) is 16.7 Å². The van der Waals surface area contributed by atoms with E-state index in [1.54, 1.807) is 6.20 Å². The van der Waals surface area contributed by atoms with Gasteiger partial charge in [0.15, 0.2) is 22.9 Å². The number of benzene rings is 2. The number of rotatable bonds is 2. The molecule has 8 heteroatoms. The number of carbonyl (C=O) groups excluding carboxylic acids is 1. The second kappa shape index (κ2) is 6.59. The van der Waals surface area contributed by atoms with Gasteiger partial charge in [0.2, 0.25) is 0 Å². The first-order chi connectivity index (χ1) is 15.5. The van der Waals surface area contributed by atoms with Gasteiger partial charge in [-0.1, -0.05) is 30.3 Å². The summed E-state index contributed by atoms with van der Waals surface area (Å²) >= 11 is 0. The standard InChI is InChI=1S/C24H23N5O3/c1-14(2)29-22-17(13-25-29)24(28(3)21(27-22)15-7-5-4-6-8-15)16-11-19-20(32-10-9-31-19)12-18(16)26-23(24)30/h4-8,11-14H,9-10H2,1-3H3,(H,26,30). The summed E-state index contributed by atoms with van der Waals surface area (Å²) in [6.07, 6.45) is 1.77. The first-order valence-corrected chi connectivity index (χ1v) is 10.7. The molecule has 4 heterocycles. The minimum atomic E-state index is -1.12. The molecule has 0 aliphatic carbocycles. The van der Waals surface area contributed by atoms with E-state index in [0.29, 0.717) is 42.1 Å². The molecule has 32 heavy (non-hydrogen) atoms. The van der Waals surface area contributed by atoms with Gasteiger partial charge in [-0.05, 0) is 19.9 Å². The molecule has 3 aromatic rings. The highest BCUT2D eigenvalue weighted by atomic mass is 16.6. The fraction of sp³-hybridized carbons (Fsp3) is 0.292. The third kappa shape index (κ3) is 2.34. The zero-order valence-electron chi connectivity index (χ0n) is 18.1. The molecule has 162 valence electrons. The third-order valence-corrected chi connectivity index (χ3v) is 6.36. The molecular formula is C24H23N5O3. The van der Waals surface area contributed by atoms with E-state index in [1.807, 2.05) is 59.1 Å². The number of nitrogens with zero attached hydrogens (tertiary/aromatic N) is 4. The maximum atomic E-state index is 13.8. The Bertz CT molecular complexity index is 1280. The highest BCUT2D eigenvalue weighted by Gasteiger charge is 2.57. The first-order valence-electron chi connectivity index (χ1n) is 10.7. The van der Waals surface area contributed by atoms with Gasteiger partial charge in [0.25, 0.3) is 5.91 Å². The molecular weight excluding hydrogens is 406 g/mol. The van der Waals surface area contributed by atoms with E-state index >= 15 is 0 Å². The molecule has 1 amide bonds. The molecule has 0 saturated heterocycles. The number of ether oxygens (including phenoxy) is 2. The van der Waals surface area contributed by atoms with Gasteiger partial charge in [0.05, 0.1) is 17.4 Å². The number of nitrogens with one attached hydrogen (secondary N) is 1. The summed E-state index contributed by atoms with van der Waals surface area (Å²) in [5.41, 5.74) is 2.07. The summed E-state index contributed by atoms with van der Waals surface area (Å²) in [7, 11) is 1.91. The van der Waals surface area contributed by atoms with E-state index in [4.69, 9.17) is 14.5 Å². The number of hydrogen-bond donors (Lipinski definition) is 1. The Hall–Kier alpha value is -3.81. The van der Waals surface area contributed by atoms with Crippen molar-refractivity contribution in [2.24, 2.45) is 4.99 Å². The average Bonchev–Trinajstić information content (AvgIpc) is 3.34. The summed E-state index contributed by atoms with van der Waals surface area (Å²) in [4.78, 5) is 20.8. The van der Waals surface area contributed by atoms with Crippen LogP contribution in [0.2, 0.25) is 0 Å². The molecule has 0 fully saturated rings. The molecule has 1 N–H and O–H groups in total. The lowest BCUT2D eigenvalue weighted by molar-refractivity contribution is -0.122. The van der Waals surface area contributed by atoms with Gasteiger partial charge in [-0.25, -0.2) is 9.67 Å². The van der Waals surface area contributed by atoms with Crippen molar-refractivity contribution >= 4 is 23.2 Å². The Labute approximate surface area is 185 Å². The largest absolute Gasteiger partial charge is 0.486 e. The minimum absolute atomic E-state index is 0.0872. The van der Waals surface area contributed by atoms with Crippen LogP contribution in [0.15, 0.2) is 53.7 Å².